The Morgan fingerprint density at radius 3 is 2.68 bits per heavy atom. The second-order valence-corrected chi connectivity index (χ2v) is 8.68. The predicted octanol–water partition coefficient (Wildman–Crippen LogP) is 4.89. The largest absolute Gasteiger partial charge is 0.497 e. The molecule has 0 atom stereocenters. The summed E-state index contributed by atoms with van der Waals surface area (Å²) < 4.78 is 21.1. The van der Waals surface area contributed by atoms with Crippen LogP contribution >= 0.6 is 11.5 Å². The maximum atomic E-state index is 13.4. The Kier molecular flexibility index (Phi) is 8.62. The maximum Gasteiger partial charge on any atom is 0.298 e. The highest BCUT2D eigenvalue weighted by Crippen LogP contribution is 2.34. The van der Waals surface area contributed by atoms with Gasteiger partial charge in [0.15, 0.2) is 17.3 Å². The monoisotopic (exact) mass is 515 g/mol. The highest BCUT2D eigenvalue weighted by Gasteiger charge is 2.19. The van der Waals surface area contributed by atoms with E-state index in [1.807, 2.05) is 36.4 Å². The smallest absolute Gasteiger partial charge is 0.298 e. The molecule has 4 aromatic rings. The number of amides is 1. The Balaban J connectivity index is 1.52. The number of hydrogen-bond acceptors (Lipinski definition) is 9. The van der Waals surface area contributed by atoms with E-state index in [0.29, 0.717) is 41.0 Å². The summed E-state index contributed by atoms with van der Waals surface area (Å²) >= 11 is 1.12. The summed E-state index contributed by atoms with van der Waals surface area (Å²) in [5.74, 6) is 1.94. The van der Waals surface area contributed by atoms with Gasteiger partial charge in [-0.2, -0.15) is 14.6 Å². The number of ether oxygens (including phenoxy) is 3. The molecule has 0 N–H and O–H groups in total. The lowest BCUT2D eigenvalue weighted by Gasteiger charge is -2.22. The van der Waals surface area contributed by atoms with Gasteiger partial charge in [0.1, 0.15) is 5.75 Å². The Bertz CT molecular complexity index is 1390. The highest BCUT2D eigenvalue weighted by molar-refractivity contribution is 7.07. The molecule has 0 spiro atoms. The van der Waals surface area contributed by atoms with Crippen LogP contribution in [0.3, 0.4) is 0 Å². The summed E-state index contributed by atoms with van der Waals surface area (Å²) in [5, 5.41) is 9.41. The van der Waals surface area contributed by atoms with Crippen LogP contribution in [0.15, 0.2) is 67.0 Å². The van der Waals surface area contributed by atoms with Gasteiger partial charge in [-0.25, -0.2) is 0 Å². The lowest BCUT2D eigenvalue weighted by molar-refractivity contribution is 0.0746. The number of hydrogen-bond donors (Lipinski definition) is 0. The van der Waals surface area contributed by atoms with Gasteiger partial charge in [-0.3, -0.25) is 9.78 Å². The summed E-state index contributed by atoms with van der Waals surface area (Å²) in [6, 6.07) is 18.5. The molecule has 2 heterocycles. The Labute approximate surface area is 219 Å². The number of nitrogens with zero attached hydrogens (tertiary/aromatic N) is 5. The first-order chi connectivity index (χ1) is 18.1. The van der Waals surface area contributed by atoms with Crippen molar-refractivity contribution in [1.29, 1.82) is 5.26 Å². The van der Waals surface area contributed by atoms with E-state index in [1.54, 1.807) is 42.6 Å². The van der Waals surface area contributed by atoms with Crippen molar-refractivity contribution in [3.05, 3.63) is 89.5 Å². The molecule has 0 bridgehead atoms. The molecule has 0 aliphatic heterocycles. The van der Waals surface area contributed by atoms with Gasteiger partial charge in [0.2, 0.25) is 0 Å². The molecule has 9 nitrogen and oxygen atoms in total. The number of pyridine rings is 1. The van der Waals surface area contributed by atoms with Crippen molar-refractivity contribution >= 4 is 17.4 Å². The second kappa shape index (κ2) is 12.5. The Morgan fingerprint density at radius 2 is 1.92 bits per heavy atom. The van der Waals surface area contributed by atoms with Crippen molar-refractivity contribution in [2.45, 2.75) is 19.4 Å². The third kappa shape index (κ3) is 6.80. The number of methoxy groups -OCH3 is 2. The average Bonchev–Trinajstić information content (AvgIpc) is 3.37. The van der Waals surface area contributed by atoms with Crippen molar-refractivity contribution in [2.24, 2.45) is 0 Å². The zero-order valence-electron chi connectivity index (χ0n) is 20.5. The molecular weight excluding hydrogens is 490 g/mol. The molecule has 2 aromatic carbocycles. The van der Waals surface area contributed by atoms with E-state index in [9.17, 15) is 4.79 Å². The molecule has 1 amide bonds. The number of aromatic nitrogens is 3. The summed E-state index contributed by atoms with van der Waals surface area (Å²) in [7, 11) is 3.15. The van der Waals surface area contributed by atoms with Gasteiger partial charge >= 0.3 is 0 Å². The molecule has 0 fully saturated rings. The van der Waals surface area contributed by atoms with Crippen LogP contribution in [0.5, 0.6) is 22.4 Å². The summed E-state index contributed by atoms with van der Waals surface area (Å²) in [6.07, 6.45) is 4.11. The molecule has 0 unspecified atom stereocenters. The summed E-state index contributed by atoms with van der Waals surface area (Å²) in [4.78, 5) is 23.6. The molecule has 0 aliphatic rings. The van der Waals surface area contributed by atoms with E-state index in [1.165, 1.54) is 7.11 Å². The van der Waals surface area contributed by atoms with E-state index in [4.69, 9.17) is 19.5 Å². The minimum Gasteiger partial charge on any atom is -0.497 e. The van der Waals surface area contributed by atoms with Crippen molar-refractivity contribution in [2.75, 3.05) is 20.8 Å². The van der Waals surface area contributed by atoms with Crippen molar-refractivity contribution in [3.63, 3.8) is 0 Å². The predicted molar refractivity (Wildman–Crippen MR) is 138 cm³/mol. The molecule has 0 radical (unpaired) electrons. The van der Waals surface area contributed by atoms with Crippen LogP contribution in [-0.4, -0.2) is 45.9 Å². The molecular formula is C27H25N5O4S. The summed E-state index contributed by atoms with van der Waals surface area (Å²) in [5.41, 5.74) is 2.29. The zero-order chi connectivity index (χ0) is 26.0. The molecule has 188 valence electrons. The third-order valence-electron chi connectivity index (χ3n) is 5.43. The van der Waals surface area contributed by atoms with Crippen LogP contribution in [-0.2, 0) is 13.0 Å². The van der Waals surface area contributed by atoms with Crippen LogP contribution < -0.4 is 14.2 Å². The molecule has 0 saturated heterocycles. The first-order valence-electron chi connectivity index (χ1n) is 11.5. The van der Waals surface area contributed by atoms with E-state index in [-0.39, 0.29) is 18.9 Å². The van der Waals surface area contributed by atoms with E-state index >= 15 is 0 Å². The Morgan fingerprint density at radius 1 is 1.05 bits per heavy atom. The van der Waals surface area contributed by atoms with Gasteiger partial charge in [0.25, 0.3) is 11.1 Å². The maximum absolute atomic E-state index is 13.4. The van der Waals surface area contributed by atoms with Crippen LogP contribution in [0.2, 0.25) is 0 Å². The SMILES string of the molecule is COc1cccc(Cc2nsc(Oc3cc(C(=O)N(CCC#N)Cc4cccnc4)ccc3OC)n2)c1. The van der Waals surface area contributed by atoms with Gasteiger partial charge < -0.3 is 19.1 Å². The third-order valence-corrected chi connectivity index (χ3v) is 6.06. The van der Waals surface area contributed by atoms with Gasteiger partial charge in [-0.05, 0) is 47.5 Å². The summed E-state index contributed by atoms with van der Waals surface area (Å²) in [6.45, 7) is 0.622. The van der Waals surface area contributed by atoms with Crippen molar-refractivity contribution in [1.82, 2.24) is 19.2 Å². The fourth-order valence-electron chi connectivity index (χ4n) is 3.63. The number of rotatable bonds is 11. The van der Waals surface area contributed by atoms with E-state index in [0.717, 1.165) is 28.4 Å². The van der Waals surface area contributed by atoms with E-state index in [2.05, 4.69) is 20.4 Å². The molecule has 37 heavy (non-hydrogen) atoms. The molecule has 10 heteroatoms. The van der Waals surface area contributed by atoms with Crippen molar-refractivity contribution < 1.29 is 19.0 Å². The zero-order valence-corrected chi connectivity index (χ0v) is 21.3. The van der Waals surface area contributed by atoms with Crippen LogP contribution in [0.4, 0.5) is 0 Å². The number of benzene rings is 2. The van der Waals surface area contributed by atoms with Gasteiger partial charge in [-0.1, -0.05) is 18.2 Å². The van der Waals surface area contributed by atoms with Gasteiger partial charge in [-0.15, -0.1) is 0 Å². The minimum absolute atomic E-state index is 0.215. The first-order valence-corrected chi connectivity index (χ1v) is 12.2. The lowest BCUT2D eigenvalue weighted by Crippen LogP contribution is -2.31. The lowest BCUT2D eigenvalue weighted by atomic mass is 10.1. The molecule has 0 aliphatic carbocycles. The van der Waals surface area contributed by atoms with Crippen LogP contribution in [0.25, 0.3) is 0 Å². The first kappa shape index (κ1) is 25.6. The molecule has 2 aromatic heterocycles. The fraction of sp³-hybridized carbons (Fsp3) is 0.222. The van der Waals surface area contributed by atoms with Crippen LogP contribution in [0.1, 0.15) is 33.7 Å². The van der Waals surface area contributed by atoms with Gasteiger partial charge in [0, 0.05) is 49.0 Å². The average molecular weight is 516 g/mol. The normalized spacial score (nSPS) is 10.4. The Hall–Kier alpha value is -4.49. The standard InChI is InChI=1S/C27H25N5O4S/c1-34-22-8-3-6-19(14-22)15-25-30-27(37-31-25)36-24-16-21(9-10-23(24)35-2)26(33)32(13-5-11-28)18-20-7-4-12-29-17-20/h3-4,6-10,12,14,16-17H,5,13,15,18H2,1-2H3. The van der Waals surface area contributed by atoms with Gasteiger partial charge in [0.05, 0.1) is 26.7 Å². The highest BCUT2D eigenvalue weighted by atomic mass is 32.1. The number of nitriles is 1. The number of carbonyl (C=O) groups is 1. The molecule has 4 rings (SSSR count). The van der Waals surface area contributed by atoms with Crippen LogP contribution in [0, 0.1) is 11.3 Å². The topological polar surface area (TPSA) is 110 Å². The molecule has 0 saturated carbocycles. The van der Waals surface area contributed by atoms with Crippen molar-refractivity contribution in [3.8, 4) is 28.5 Å². The number of carbonyl (C=O) groups excluding carboxylic acids is 1. The quantitative estimate of drug-likeness (QED) is 0.278. The second-order valence-electron chi connectivity index (χ2n) is 7.97. The fourth-order valence-corrected chi connectivity index (χ4v) is 4.19. The minimum atomic E-state index is -0.234. The van der Waals surface area contributed by atoms with E-state index < -0.39 is 0 Å².